The van der Waals surface area contributed by atoms with E-state index < -0.39 is 10.0 Å². The largest absolute Gasteiger partial charge is 0.308 e. The average molecular weight is 351 g/mol. The first kappa shape index (κ1) is 16.6. The molecule has 0 unspecified atom stereocenters. The molecule has 1 aliphatic heterocycles. The predicted octanol–water partition coefficient (Wildman–Crippen LogP) is 2.53. The van der Waals surface area contributed by atoms with Gasteiger partial charge in [0.1, 0.15) is 0 Å². The van der Waals surface area contributed by atoms with Gasteiger partial charge in [-0.15, -0.1) is 11.3 Å². The topological polar surface area (TPSA) is 62.3 Å². The van der Waals surface area contributed by atoms with Crippen LogP contribution in [0.3, 0.4) is 0 Å². The number of aryl methyl sites for hydroxylation is 1. The van der Waals surface area contributed by atoms with Crippen LogP contribution in [-0.2, 0) is 23.1 Å². The lowest BCUT2D eigenvalue weighted by molar-refractivity contribution is 0.477. The van der Waals surface area contributed by atoms with Crippen molar-refractivity contribution in [2.45, 2.75) is 37.8 Å². The minimum absolute atomic E-state index is 0.390. The molecule has 1 N–H and O–H groups in total. The van der Waals surface area contributed by atoms with E-state index in [2.05, 4.69) is 10.3 Å². The first-order valence-electron chi connectivity index (χ1n) is 7.77. The molecule has 7 heteroatoms. The quantitative estimate of drug-likeness (QED) is 0.869. The molecule has 0 atom stereocenters. The highest BCUT2D eigenvalue weighted by Crippen LogP contribution is 2.21. The van der Waals surface area contributed by atoms with Gasteiger partial charge in [0.2, 0.25) is 10.0 Å². The van der Waals surface area contributed by atoms with Crippen molar-refractivity contribution in [3.05, 3.63) is 45.9 Å². The number of thiazole rings is 1. The third-order valence-electron chi connectivity index (χ3n) is 3.92. The van der Waals surface area contributed by atoms with Gasteiger partial charge in [-0.3, -0.25) is 0 Å². The molecule has 124 valence electrons. The number of nitrogens with one attached hydrogen (secondary N) is 1. The van der Waals surface area contributed by atoms with Crippen LogP contribution in [0.1, 0.15) is 28.3 Å². The zero-order valence-electron chi connectivity index (χ0n) is 13.2. The van der Waals surface area contributed by atoms with Gasteiger partial charge in [-0.05, 0) is 37.5 Å². The number of sulfonamides is 1. The molecule has 1 saturated heterocycles. The van der Waals surface area contributed by atoms with E-state index in [9.17, 15) is 8.42 Å². The lowest BCUT2D eigenvalue weighted by Gasteiger charge is -2.15. The summed E-state index contributed by atoms with van der Waals surface area (Å²) in [6.45, 7) is 4.76. The second kappa shape index (κ2) is 7.09. The van der Waals surface area contributed by atoms with E-state index in [1.54, 1.807) is 27.8 Å². The summed E-state index contributed by atoms with van der Waals surface area (Å²) in [4.78, 5) is 5.82. The Morgan fingerprint density at radius 2 is 1.87 bits per heavy atom. The van der Waals surface area contributed by atoms with Crippen molar-refractivity contribution < 1.29 is 8.42 Å². The van der Waals surface area contributed by atoms with E-state index in [1.165, 1.54) is 4.88 Å². The van der Waals surface area contributed by atoms with E-state index in [-0.39, 0.29) is 0 Å². The molecule has 1 aliphatic rings. The maximum absolute atomic E-state index is 12.5. The van der Waals surface area contributed by atoms with Gasteiger partial charge in [0.05, 0.1) is 9.90 Å². The number of aromatic nitrogens is 1. The predicted molar refractivity (Wildman–Crippen MR) is 91.8 cm³/mol. The van der Waals surface area contributed by atoms with Gasteiger partial charge in [0.25, 0.3) is 0 Å². The molecule has 0 bridgehead atoms. The fourth-order valence-electron chi connectivity index (χ4n) is 2.67. The summed E-state index contributed by atoms with van der Waals surface area (Å²) in [7, 11) is -3.31. The molecule has 1 aromatic carbocycles. The van der Waals surface area contributed by atoms with E-state index >= 15 is 0 Å². The zero-order valence-corrected chi connectivity index (χ0v) is 14.8. The fourth-order valence-corrected chi connectivity index (χ4v) is 4.96. The fraction of sp³-hybridized carbons (Fsp3) is 0.438. The lowest BCUT2D eigenvalue weighted by Crippen LogP contribution is -2.27. The molecule has 23 heavy (non-hydrogen) atoms. The molecule has 1 fully saturated rings. The first-order chi connectivity index (χ1) is 11.1. The Labute approximate surface area is 141 Å². The summed E-state index contributed by atoms with van der Waals surface area (Å²) in [5.41, 5.74) is 1.08. The van der Waals surface area contributed by atoms with Crippen molar-refractivity contribution in [2.75, 3.05) is 13.1 Å². The standard InChI is InChI=1S/C16H21N3O2S2/c1-13-18-12-15(22-13)11-17-10-14-4-6-16(7-5-14)23(20,21)19-8-2-3-9-19/h4-7,12,17H,2-3,8-11H2,1H3. The summed E-state index contributed by atoms with van der Waals surface area (Å²) < 4.78 is 26.5. The summed E-state index contributed by atoms with van der Waals surface area (Å²) in [5, 5.41) is 4.42. The molecule has 0 aliphatic carbocycles. The molecule has 2 heterocycles. The van der Waals surface area contributed by atoms with Crippen LogP contribution in [0.15, 0.2) is 35.4 Å². The van der Waals surface area contributed by atoms with Gasteiger partial charge in [-0.1, -0.05) is 12.1 Å². The average Bonchev–Trinajstić information content (AvgIpc) is 3.20. The van der Waals surface area contributed by atoms with E-state index in [0.717, 1.165) is 30.0 Å². The van der Waals surface area contributed by atoms with E-state index in [0.29, 0.717) is 24.5 Å². The van der Waals surface area contributed by atoms with Gasteiger partial charge in [-0.2, -0.15) is 4.31 Å². The maximum Gasteiger partial charge on any atom is 0.243 e. The maximum atomic E-state index is 12.5. The number of hydrogen-bond donors (Lipinski definition) is 1. The molecule has 0 spiro atoms. The Morgan fingerprint density at radius 3 is 2.48 bits per heavy atom. The van der Waals surface area contributed by atoms with Crippen LogP contribution < -0.4 is 5.32 Å². The van der Waals surface area contributed by atoms with Gasteiger partial charge in [-0.25, -0.2) is 13.4 Å². The van der Waals surface area contributed by atoms with Crippen LogP contribution >= 0.6 is 11.3 Å². The summed E-state index contributed by atoms with van der Waals surface area (Å²) in [6.07, 6.45) is 3.80. The SMILES string of the molecule is Cc1ncc(CNCc2ccc(S(=O)(=O)N3CCCC3)cc2)s1. The highest BCUT2D eigenvalue weighted by molar-refractivity contribution is 7.89. The molecule has 0 radical (unpaired) electrons. The van der Waals surface area contributed by atoms with Crippen molar-refractivity contribution in [1.29, 1.82) is 0 Å². The van der Waals surface area contributed by atoms with E-state index in [1.807, 2.05) is 25.3 Å². The Morgan fingerprint density at radius 1 is 1.17 bits per heavy atom. The van der Waals surface area contributed by atoms with Crippen LogP contribution in [0.25, 0.3) is 0 Å². The molecule has 2 aromatic rings. The molecule has 3 rings (SSSR count). The summed E-state index contributed by atoms with van der Waals surface area (Å²) in [5.74, 6) is 0. The summed E-state index contributed by atoms with van der Waals surface area (Å²) in [6, 6.07) is 7.19. The second-order valence-corrected chi connectivity index (χ2v) is 8.96. The van der Waals surface area contributed by atoms with Gasteiger partial charge >= 0.3 is 0 Å². The third kappa shape index (κ3) is 3.98. The second-order valence-electron chi connectivity index (χ2n) is 5.70. The number of benzene rings is 1. The monoisotopic (exact) mass is 351 g/mol. The lowest BCUT2D eigenvalue weighted by atomic mass is 10.2. The van der Waals surface area contributed by atoms with Crippen molar-refractivity contribution >= 4 is 21.4 Å². The Hall–Kier alpha value is -1.28. The van der Waals surface area contributed by atoms with Crippen molar-refractivity contribution in [3.8, 4) is 0 Å². The molecule has 5 nitrogen and oxygen atoms in total. The Bertz CT molecular complexity index is 748. The zero-order chi connectivity index (χ0) is 16.3. The smallest absolute Gasteiger partial charge is 0.243 e. The number of nitrogens with zero attached hydrogens (tertiary/aromatic N) is 2. The van der Waals surface area contributed by atoms with Gasteiger partial charge in [0, 0.05) is 37.3 Å². The molecular weight excluding hydrogens is 330 g/mol. The van der Waals surface area contributed by atoms with Gasteiger partial charge < -0.3 is 5.32 Å². The minimum atomic E-state index is -3.31. The van der Waals surface area contributed by atoms with Crippen molar-refractivity contribution in [2.24, 2.45) is 0 Å². The van der Waals surface area contributed by atoms with Crippen molar-refractivity contribution in [1.82, 2.24) is 14.6 Å². The van der Waals surface area contributed by atoms with Crippen molar-refractivity contribution in [3.63, 3.8) is 0 Å². The first-order valence-corrected chi connectivity index (χ1v) is 10.0. The normalized spacial score (nSPS) is 16.0. The van der Waals surface area contributed by atoms with Crippen LogP contribution in [0.4, 0.5) is 0 Å². The Balaban J connectivity index is 1.58. The van der Waals surface area contributed by atoms with Crippen LogP contribution in [0.2, 0.25) is 0 Å². The molecular formula is C16H21N3O2S2. The van der Waals surface area contributed by atoms with Crippen LogP contribution in [-0.4, -0.2) is 30.8 Å². The third-order valence-corrected chi connectivity index (χ3v) is 6.75. The number of rotatable bonds is 6. The summed E-state index contributed by atoms with van der Waals surface area (Å²) >= 11 is 1.68. The van der Waals surface area contributed by atoms with Crippen LogP contribution in [0.5, 0.6) is 0 Å². The molecule has 0 saturated carbocycles. The van der Waals surface area contributed by atoms with E-state index in [4.69, 9.17) is 0 Å². The molecule has 0 amide bonds. The minimum Gasteiger partial charge on any atom is -0.308 e. The highest BCUT2D eigenvalue weighted by Gasteiger charge is 2.26. The van der Waals surface area contributed by atoms with Crippen LogP contribution in [0, 0.1) is 6.92 Å². The number of hydrogen-bond acceptors (Lipinski definition) is 5. The Kier molecular flexibility index (Phi) is 5.11. The van der Waals surface area contributed by atoms with Gasteiger partial charge in [0.15, 0.2) is 0 Å². The molecule has 1 aromatic heterocycles. The highest BCUT2D eigenvalue weighted by atomic mass is 32.2.